The Morgan fingerprint density at radius 1 is 1.28 bits per heavy atom. The normalized spacial score (nSPS) is 19.3. The molecule has 0 spiro atoms. The standard InChI is InChI=1S/C13H17N5/c1-18(9-6-7-15-8-9)13-12(14)16-10-4-2-3-5-11(10)17-13/h2-5,9,15H,6-8H2,1H3,(H2,14,16)/t9-/m0/s1. The first-order valence-electron chi connectivity index (χ1n) is 6.21. The van der Waals surface area contributed by atoms with Crippen LogP contribution in [0.1, 0.15) is 6.42 Å². The summed E-state index contributed by atoms with van der Waals surface area (Å²) in [5.74, 6) is 1.28. The Labute approximate surface area is 106 Å². The van der Waals surface area contributed by atoms with E-state index in [-0.39, 0.29) is 0 Å². The fraction of sp³-hybridized carbons (Fsp3) is 0.385. The number of rotatable bonds is 2. The van der Waals surface area contributed by atoms with Crippen molar-refractivity contribution in [1.29, 1.82) is 0 Å². The first-order valence-corrected chi connectivity index (χ1v) is 6.21. The number of benzene rings is 1. The molecule has 3 rings (SSSR count). The first-order chi connectivity index (χ1) is 8.75. The number of nitrogens with two attached hydrogens (primary N) is 1. The topological polar surface area (TPSA) is 67.1 Å². The molecule has 2 heterocycles. The zero-order valence-corrected chi connectivity index (χ0v) is 10.4. The molecular formula is C13H17N5. The van der Waals surface area contributed by atoms with Crippen LogP contribution in [0.2, 0.25) is 0 Å². The molecule has 0 saturated carbocycles. The number of para-hydroxylation sites is 2. The molecule has 5 heteroatoms. The summed E-state index contributed by atoms with van der Waals surface area (Å²) in [5.41, 5.74) is 7.75. The number of nitrogen functional groups attached to an aromatic ring is 1. The van der Waals surface area contributed by atoms with Gasteiger partial charge in [-0.05, 0) is 25.1 Å². The Balaban J connectivity index is 2.02. The van der Waals surface area contributed by atoms with Crippen LogP contribution in [0.4, 0.5) is 11.6 Å². The van der Waals surface area contributed by atoms with Crippen LogP contribution in [0, 0.1) is 0 Å². The van der Waals surface area contributed by atoms with Gasteiger partial charge in [-0.2, -0.15) is 0 Å². The molecule has 3 N–H and O–H groups in total. The molecule has 1 fully saturated rings. The van der Waals surface area contributed by atoms with Crippen molar-refractivity contribution in [3.63, 3.8) is 0 Å². The fourth-order valence-corrected chi connectivity index (χ4v) is 2.41. The quantitative estimate of drug-likeness (QED) is 0.824. The molecule has 0 aliphatic carbocycles. The third-order valence-corrected chi connectivity index (χ3v) is 3.49. The highest BCUT2D eigenvalue weighted by atomic mass is 15.2. The lowest BCUT2D eigenvalue weighted by Crippen LogP contribution is -2.34. The van der Waals surface area contributed by atoms with E-state index in [2.05, 4.69) is 20.2 Å². The van der Waals surface area contributed by atoms with Gasteiger partial charge >= 0.3 is 0 Å². The van der Waals surface area contributed by atoms with Crippen LogP contribution in [0.5, 0.6) is 0 Å². The van der Waals surface area contributed by atoms with Crippen molar-refractivity contribution in [3.05, 3.63) is 24.3 Å². The van der Waals surface area contributed by atoms with Crippen molar-refractivity contribution in [1.82, 2.24) is 15.3 Å². The second kappa shape index (κ2) is 4.42. The molecule has 5 nitrogen and oxygen atoms in total. The minimum atomic E-state index is 0.447. The molecule has 0 amide bonds. The van der Waals surface area contributed by atoms with Gasteiger partial charge in [-0.25, -0.2) is 9.97 Å². The Kier molecular flexibility index (Phi) is 2.76. The number of hydrogen-bond donors (Lipinski definition) is 2. The summed E-state index contributed by atoms with van der Waals surface area (Å²) in [5, 5.41) is 3.35. The minimum absolute atomic E-state index is 0.447. The van der Waals surface area contributed by atoms with Crippen LogP contribution < -0.4 is 16.0 Å². The minimum Gasteiger partial charge on any atom is -0.381 e. The van der Waals surface area contributed by atoms with Gasteiger partial charge in [-0.15, -0.1) is 0 Å². The van der Waals surface area contributed by atoms with E-state index in [1.54, 1.807) is 0 Å². The van der Waals surface area contributed by atoms with Gasteiger partial charge < -0.3 is 16.0 Å². The number of nitrogens with one attached hydrogen (secondary N) is 1. The second-order valence-electron chi connectivity index (χ2n) is 4.68. The van der Waals surface area contributed by atoms with Crippen LogP contribution in [-0.4, -0.2) is 36.1 Å². The molecule has 1 aliphatic heterocycles. The highest BCUT2D eigenvalue weighted by Crippen LogP contribution is 2.24. The summed E-state index contributed by atoms with van der Waals surface area (Å²) < 4.78 is 0. The van der Waals surface area contributed by atoms with Crippen molar-refractivity contribution in [3.8, 4) is 0 Å². The van der Waals surface area contributed by atoms with Crippen LogP contribution >= 0.6 is 0 Å². The highest BCUT2D eigenvalue weighted by Gasteiger charge is 2.22. The maximum Gasteiger partial charge on any atom is 0.172 e. The van der Waals surface area contributed by atoms with E-state index in [1.165, 1.54) is 0 Å². The molecule has 1 aromatic carbocycles. The monoisotopic (exact) mass is 243 g/mol. The Morgan fingerprint density at radius 3 is 2.67 bits per heavy atom. The van der Waals surface area contributed by atoms with Crippen LogP contribution in [0.3, 0.4) is 0 Å². The van der Waals surface area contributed by atoms with Gasteiger partial charge in [0, 0.05) is 19.6 Å². The maximum atomic E-state index is 6.02. The molecule has 0 radical (unpaired) electrons. The third-order valence-electron chi connectivity index (χ3n) is 3.49. The van der Waals surface area contributed by atoms with Crippen molar-refractivity contribution in [2.45, 2.75) is 12.5 Å². The van der Waals surface area contributed by atoms with Gasteiger partial charge in [0.05, 0.1) is 11.0 Å². The van der Waals surface area contributed by atoms with Gasteiger partial charge in [-0.3, -0.25) is 0 Å². The summed E-state index contributed by atoms with van der Waals surface area (Å²) >= 11 is 0. The summed E-state index contributed by atoms with van der Waals surface area (Å²) in [6.45, 7) is 2.03. The molecule has 1 saturated heterocycles. The fourth-order valence-electron chi connectivity index (χ4n) is 2.41. The zero-order valence-electron chi connectivity index (χ0n) is 10.4. The molecule has 0 bridgehead atoms. The lowest BCUT2D eigenvalue weighted by molar-refractivity contribution is 0.679. The van der Waals surface area contributed by atoms with Gasteiger partial charge in [0.15, 0.2) is 11.6 Å². The first kappa shape index (κ1) is 11.2. The van der Waals surface area contributed by atoms with Crippen molar-refractivity contribution >= 4 is 22.7 Å². The number of anilines is 2. The van der Waals surface area contributed by atoms with Crippen LogP contribution in [-0.2, 0) is 0 Å². The number of hydrogen-bond acceptors (Lipinski definition) is 5. The van der Waals surface area contributed by atoms with Gasteiger partial charge in [0.1, 0.15) is 0 Å². The molecule has 18 heavy (non-hydrogen) atoms. The summed E-state index contributed by atoms with van der Waals surface area (Å²) in [4.78, 5) is 11.2. The van der Waals surface area contributed by atoms with Gasteiger partial charge in [0.25, 0.3) is 0 Å². The molecule has 2 aromatic rings. The van der Waals surface area contributed by atoms with E-state index in [1.807, 2.05) is 31.3 Å². The second-order valence-corrected chi connectivity index (χ2v) is 4.68. The van der Waals surface area contributed by atoms with E-state index in [4.69, 9.17) is 5.73 Å². The van der Waals surface area contributed by atoms with Crippen LogP contribution in [0.15, 0.2) is 24.3 Å². The molecule has 1 aromatic heterocycles. The predicted octanol–water partition coefficient (Wildman–Crippen LogP) is 1.01. The molecule has 1 aliphatic rings. The van der Waals surface area contributed by atoms with Crippen molar-refractivity contribution in [2.75, 3.05) is 30.8 Å². The Morgan fingerprint density at radius 2 is 2.00 bits per heavy atom. The van der Waals surface area contributed by atoms with Crippen molar-refractivity contribution < 1.29 is 0 Å². The largest absolute Gasteiger partial charge is 0.381 e. The average Bonchev–Trinajstić information content (AvgIpc) is 2.91. The third kappa shape index (κ3) is 1.86. The number of nitrogens with zero attached hydrogens (tertiary/aromatic N) is 3. The number of aromatic nitrogens is 2. The lowest BCUT2D eigenvalue weighted by Gasteiger charge is -2.25. The summed E-state index contributed by atoms with van der Waals surface area (Å²) in [6.07, 6.45) is 1.12. The number of likely N-dealkylation sites (N-methyl/N-ethyl adjacent to an activating group) is 1. The smallest absolute Gasteiger partial charge is 0.172 e. The Bertz CT molecular complexity index is 562. The van der Waals surface area contributed by atoms with Gasteiger partial charge in [0.2, 0.25) is 0 Å². The van der Waals surface area contributed by atoms with E-state index < -0.39 is 0 Å². The van der Waals surface area contributed by atoms with Crippen molar-refractivity contribution in [2.24, 2.45) is 0 Å². The molecular weight excluding hydrogens is 226 g/mol. The predicted molar refractivity (Wildman–Crippen MR) is 73.6 cm³/mol. The highest BCUT2D eigenvalue weighted by molar-refractivity contribution is 5.79. The molecule has 0 unspecified atom stereocenters. The lowest BCUT2D eigenvalue weighted by atomic mass is 10.2. The molecule has 1 atom stereocenters. The average molecular weight is 243 g/mol. The number of fused-ring (bicyclic) bond motifs is 1. The molecule has 94 valence electrons. The van der Waals surface area contributed by atoms with E-state index >= 15 is 0 Å². The maximum absolute atomic E-state index is 6.02. The summed E-state index contributed by atoms with van der Waals surface area (Å²) in [6, 6.07) is 8.25. The zero-order chi connectivity index (χ0) is 12.5. The Hall–Kier alpha value is -1.88. The van der Waals surface area contributed by atoms with E-state index in [0.29, 0.717) is 11.9 Å². The summed E-state index contributed by atoms with van der Waals surface area (Å²) in [7, 11) is 2.03. The SMILES string of the molecule is CN(c1nc2ccccc2nc1N)[C@H]1CCNC1. The van der Waals surface area contributed by atoms with E-state index in [0.717, 1.165) is 36.4 Å². The van der Waals surface area contributed by atoms with Gasteiger partial charge in [-0.1, -0.05) is 12.1 Å². The van der Waals surface area contributed by atoms with E-state index in [9.17, 15) is 0 Å². The van der Waals surface area contributed by atoms with Crippen LogP contribution in [0.25, 0.3) is 11.0 Å².